The molecule has 6 aromatic rings. The number of hydrogen-bond acceptors (Lipinski definition) is 9. The molecule has 1 N–H and O–H groups in total. The number of carbonyl (C=O) groups excluding carboxylic acids is 1. The van der Waals surface area contributed by atoms with Crippen LogP contribution in [-0.2, 0) is 6.54 Å². The van der Waals surface area contributed by atoms with Crippen molar-refractivity contribution in [3.05, 3.63) is 94.4 Å². The van der Waals surface area contributed by atoms with Crippen molar-refractivity contribution >= 4 is 39.9 Å². The third kappa shape index (κ3) is 5.37. The Hall–Kier alpha value is -5.46. The molecule has 1 fully saturated rings. The molecule has 1 unspecified atom stereocenters. The molecule has 228 valence electrons. The van der Waals surface area contributed by atoms with Crippen molar-refractivity contribution in [2.24, 2.45) is 5.92 Å². The Morgan fingerprint density at radius 2 is 1.78 bits per heavy atom. The quantitative estimate of drug-likeness (QED) is 0.182. The van der Waals surface area contributed by atoms with Crippen LogP contribution in [0.1, 0.15) is 51.8 Å². The number of anilines is 2. The van der Waals surface area contributed by atoms with E-state index in [1.54, 1.807) is 6.07 Å². The van der Waals surface area contributed by atoms with Gasteiger partial charge >= 0.3 is 0 Å². The van der Waals surface area contributed by atoms with Crippen LogP contribution in [0.4, 0.5) is 11.5 Å². The molecule has 1 aliphatic heterocycles. The predicted molar refractivity (Wildman–Crippen MR) is 179 cm³/mol. The molecule has 0 amide bonds. The second-order valence-electron chi connectivity index (χ2n) is 12.2. The van der Waals surface area contributed by atoms with Crippen LogP contribution in [-0.4, -0.2) is 44.2 Å². The highest BCUT2D eigenvalue weighted by atomic mass is 16.3. The van der Waals surface area contributed by atoms with E-state index < -0.39 is 0 Å². The molecule has 1 saturated heterocycles. The number of fused-ring (bicyclic) bond motifs is 2. The van der Waals surface area contributed by atoms with Crippen LogP contribution in [0.2, 0.25) is 0 Å². The number of nitrogens with zero attached hydrogens (tertiary/aromatic N) is 6. The van der Waals surface area contributed by atoms with Gasteiger partial charge in [-0.25, -0.2) is 15.0 Å². The Bertz CT molecular complexity index is 2200. The zero-order chi connectivity index (χ0) is 31.9. The van der Waals surface area contributed by atoms with E-state index in [9.17, 15) is 10.1 Å². The summed E-state index contributed by atoms with van der Waals surface area (Å²) in [7, 11) is 0. The molecule has 0 aliphatic carbocycles. The molecule has 1 atom stereocenters. The van der Waals surface area contributed by atoms with Crippen molar-refractivity contribution in [2.75, 3.05) is 18.4 Å². The zero-order valence-electron chi connectivity index (χ0n) is 26.3. The van der Waals surface area contributed by atoms with Gasteiger partial charge in [0.1, 0.15) is 29.2 Å². The number of aromatic nitrogens is 4. The van der Waals surface area contributed by atoms with Crippen molar-refractivity contribution in [1.29, 1.82) is 5.26 Å². The zero-order valence-corrected chi connectivity index (χ0v) is 26.3. The van der Waals surface area contributed by atoms with Crippen molar-refractivity contribution < 1.29 is 9.21 Å². The van der Waals surface area contributed by atoms with Crippen LogP contribution >= 0.6 is 0 Å². The number of nitrogens with one attached hydrogen (secondary N) is 1. The number of pyridine rings is 1. The van der Waals surface area contributed by atoms with Gasteiger partial charge < -0.3 is 9.73 Å². The summed E-state index contributed by atoms with van der Waals surface area (Å²) >= 11 is 0. The van der Waals surface area contributed by atoms with Crippen molar-refractivity contribution in [1.82, 2.24) is 24.8 Å². The van der Waals surface area contributed by atoms with E-state index in [0.717, 1.165) is 75.7 Å². The van der Waals surface area contributed by atoms with Gasteiger partial charge in [-0.3, -0.25) is 14.7 Å². The first kappa shape index (κ1) is 29.3. The van der Waals surface area contributed by atoms with Crippen molar-refractivity contribution in [3.63, 3.8) is 0 Å². The van der Waals surface area contributed by atoms with Crippen LogP contribution in [0.25, 0.3) is 44.7 Å². The van der Waals surface area contributed by atoms with E-state index in [1.807, 2.05) is 44.3 Å². The smallest absolute Gasteiger partial charge is 0.227 e. The highest BCUT2D eigenvalue weighted by Crippen LogP contribution is 2.37. The van der Waals surface area contributed by atoms with Gasteiger partial charge in [-0.2, -0.15) is 5.26 Å². The lowest BCUT2D eigenvalue weighted by molar-refractivity contribution is 0.112. The van der Waals surface area contributed by atoms with Crippen molar-refractivity contribution in [3.8, 4) is 28.7 Å². The molecule has 3 aromatic carbocycles. The maximum atomic E-state index is 11.4. The van der Waals surface area contributed by atoms with Crippen LogP contribution in [0.5, 0.6) is 0 Å². The number of hydrogen-bond donors (Lipinski definition) is 1. The van der Waals surface area contributed by atoms with Gasteiger partial charge in [-0.15, -0.1) is 0 Å². The minimum absolute atomic E-state index is 0.279. The molecular formula is C37H33N7O2. The third-order valence-corrected chi connectivity index (χ3v) is 8.83. The minimum Gasteiger partial charge on any atom is -0.435 e. The first-order valence-electron chi connectivity index (χ1n) is 15.4. The summed E-state index contributed by atoms with van der Waals surface area (Å²) in [5.41, 5.74) is 10.1. The molecule has 9 heteroatoms. The third-order valence-electron chi connectivity index (χ3n) is 8.83. The van der Waals surface area contributed by atoms with E-state index in [0.29, 0.717) is 40.5 Å². The maximum absolute atomic E-state index is 11.4. The van der Waals surface area contributed by atoms with Gasteiger partial charge in [0.25, 0.3) is 0 Å². The molecular weight excluding hydrogens is 574 g/mol. The second kappa shape index (κ2) is 11.8. The van der Waals surface area contributed by atoms with Gasteiger partial charge in [0.2, 0.25) is 5.89 Å². The number of aryl methyl sites for hydroxylation is 1. The Kier molecular flexibility index (Phi) is 7.51. The van der Waals surface area contributed by atoms with E-state index in [2.05, 4.69) is 53.3 Å². The standard InChI is InChI=1S/C37H33N7O2/c1-21-11-12-44(18-21)19-26-15-32-34(39-17-26)36(41-24(4)40-32)42-31-10-6-8-29(23(31)3)28-7-5-9-30(22(28)2)37-43-33-14-25(20-45)13-27(16-38)35(33)46-37/h5-10,13-15,17,20-21H,11-12,18-19H2,1-4H3,(H,40,41,42). The molecule has 0 saturated carbocycles. The number of likely N-dealkylation sites (tertiary alicyclic amines) is 1. The van der Waals surface area contributed by atoms with Crippen molar-refractivity contribution in [2.45, 2.75) is 40.7 Å². The summed E-state index contributed by atoms with van der Waals surface area (Å²) in [6.45, 7) is 11.4. The number of carbonyl (C=O) groups is 1. The van der Waals surface area contributed by atoms with Gasteiger partial charge in [0, 0.05) is 36.1 Å². The van der Waals surface area contributed by atoms with E-state index in [1.165, 1.54) is 12.5 Å². The SMILES string of the molecule is Cc1nc(Nc2cccc(-c3cccc(-c4nc5cc(C=O)cc(C#N)c5o4)c3C)c2C)c2ncc(CN3CCC(C)C3)cc2n1. The minimum atomic E-state index is 0.279. The van der Waals surface area contributed by atoms with Gasteiger partial charge in [0.05, 0.1) is 11.1 Å². The molecule has 1 aliphatic rings. The van der Waals surface area contributed by atoms with E-state index in [-0.39, 0.29) is 5.56 Å². The lowest BCUT2D eigenvalue weighted by Gasteiger charge is -2.17. The highest BCUT2D eigenvalue weighted by molar-refractivity contribution is 5.91. The summed E-state index contributed by atoms with van der Waals surface area (Å²) in [5.74, 6) is 2.48. The number of oxazole rings is 1. The number of rotatable bonds is 7. The molecule has 3 aromatic heterocycles. The van der Waals surface area contributed by atoms with Crippen LogP contribution < -0.4 is 5.32 Å². The topological polar surface area (TPSA) is 121 Å². The number of nitriles is 1. The summed E-state index contributed by atoms with van der Waals surface area (Å²) in [6.07, 6.45) is 3.89. The summed E-state index contributed by atoms with van der Waals surface area (Å²) in [4.78, 5) is 32.8. The molecule has 0 spiro atoms. The lowest BCUT2D eigenvalue weighted by Crippen LogP contribution is -2.19. The normalized spacial score (nSPS) is 15.0. The van der Waals surface area contributed by atoms with Crippen LogP contribution in [0.3, 0.4) is 0 Å². The summed E-state index contributed by atoms with van der Waals surface area (Å²) in [5, 5.41) is 13.2. The number of benzene rings is 3. The molecule has 0 radical (unpaired) electrons. The Labute approximate surface area is 267 Å². The van der Waals surface area contributed by atoms with Gasteiger partial charge in [0.15, 0.2) is 11.4 Å². The second-order valence-corrected chi connectivity index (χ2v) is 12.2. The van der Waals surface area contributed by atoms with Gasteiger partial charge in [-0.05, 0) is 97.8 Å². The monoisotopic (exact) mass is 607 g/mol. The van der Waals surface area contributed by atoms with Crippen LogP contribution in [0.15, 0.2) is 65.2 Å². The molecule has 4 heterocycles. The van der Waals surface area contributed by atoms with E-state index >= 15 is 0 Å². The molecule has 0 bridgehead atoms. The summed E-state index contributed by atoms with van der Waals surface area (Å²) in [6, 6.07) is 19.6. The predicted octanol–water partition coefficient (Wildman–Crippen LogP) is 7.69. The summed E-state index contributed by atoms with van der Waals surface area (Å²) < 4.78 is 6.10. The fraction of sp³-hybridized carbons (Fsp3) is 0.243. The average molecular weight is 608 g/mol. The van der Waals surface area contributed by atoms with Crippen LogP contribution in [0, 0.1) is 38.0 Å². The molecule has 46 heavy (non-hydrogen) atoms. The first-order valence-corrected chi connectivity index (χ1v) is 15.4. The lowest BCUT2D eigenvalue weighted by atomic mass is 9.93. The Balaban J connectivity index is 1.23. The first-order chi connectivity index (χ1) is 22.3. The van der Waals surface area contributed by atoms with E-state index in [4.69, 9.17) is 19.4 Å². The molecule has 7 rings (SSSR count). The largest absolute Gasteiger partial charge is 0.435 e. The fourth-order valence-corrected chi connectivity index (χ4v) is 6.45. The van der Waals surface area contributed by atoms with Gasteiger partial charge in [-0.1, -0.05) is 31.2 Å². The fourth-order valence-electron chi connectivity index (χ4n) is 6.45. The number of aldehydes is 1. The average Bonchev–Trinajstić information content (AvgIpc) is 3.67. The Morgan fingerprint density at radius 3 is 2.54 bits per heavy atom. The Morgan fingerprint density at radius 1 is 1.00 bits per heavy atom. The maximum Gasteiger partial charge on any atom is 0.227 e. The highest BCUT2D eigenvalue weighted by Gasteiger charge is 2.20. The molecule has 9 nitrogen and oxygen atoms in total.